The normalized spacial score (nSPS) is 15.7. The monoisotopic (exact) mass is 471 g/mol. The molecule has 6 rings (SSSR count). The van der Waals surface area contributed by atoms with Crippen molar-refractivity contribution in [3.05, 3.63) is 89.0 Å². The molecule has 0 amide bonds. The molecule has 1 N–H and O–H groups in total. The number of piperazine rings is 1. The zero-order chi connectivity index (χ0) is 23.1. The van der Waals surface area contributed by atoms with Crippen molar-refractivity contribution in [1.29, 1.82) is 0 Å². The molecule has 3 aromatic heterocycles. The highest BCUT2D eigenvalue weighted by molar-refractivity contribution is 7.17. The Bertz CT molecular complexity index is 1380. The fourth-order valence-corrected chi connectivity index (χ4v) is 5.71. The van der Waals surface area contributed by atoms with Crippen LogP contribution in [0.15, 0.2) is 77.4 Å². The molecule has 4 heterocycles. The number of aromatic nitrogens is 3. The zero-order valence-corrected chi connectivity index (χ0v) is 19.7. The minimum atomic E-state index is -0.0703. The molecule has 1 atom stereocenters. The number of hydrogen-bond acceptors (Lipinski definition) is 7. The van der Waals surface area contributed by atoms with Crippen molar-refractivity contribution in [2.45, 2.75) is 13.0 Å². The fraction of sp³-hybridized carbons (Fsp3) is 0.231. The number of para-hydroxylation sites is 1. The Morgan fingerprint density at radius 3 is 2.38 bits per heavy atom. The van der Waals surface area contributed by atoms with Crippen molar-refractivity contribution < 1.29 is 9.52 Å². The molecule has 34 heavy (non-hydrogen) atoms. The lowest BCUT2D eigenvalue weighted by Crippen LogP contribution is -2.47. The average molecular weight is 472 g/mol. The van der Waals surface area contributed by atoms with E-state index in [1.165, 1.54) is 27.1 Å². The third-order valence-corrected chi connectivity index (χ3v) is 7.46. The zero-order valence-electron chi connectivity index (χ0n) is 18.8. The Morgan fingerprint density at radius 1 is 0.941 bits per heavy atom. The molecule has 0 unspecified atom stereocenters. The summed E-state index contributed by atoms with van der Waals surface area (Å²) in [7, 11) is 0. The highest BCUT2D eigenvalue weighted by Gasteiger charge is 2.32. The van der Waals surface area contributed by atoms with Crippen LogP contribution in [0.2, 0.25) is 0 Å². The number of hydrogen-bond donors (Lipinski definition) is 1. The SMILES string of the molecule is Cc1ccc([C@@H](c2sc3nc(-c4ccco4)nn3c2O)N2CCN(c3ccccc3)CC2)cc1. The van der Waals surface area contributed by atoms with Gasteiger partial charge in [-0.2, -0.15) is 9.50 Å². The quantitative estimate of drug-likeness (QED) is 0.390. The number of benzene rings is 2. The Labute approximate surface area is 201 Å². The second-order valence-corrected chi connectivity index (χ2v) is 9.58. The minimum Gasteiger partial charge on any atom is -0.492 e. The molecular weight excluding hydrogens is 446 g/mol. The van der Waals surface area contributed by atoms with Gasteiger partial charge in [-0.25, -0.2) is 0 Å². The van der Waals surface area contributed by atoms with Crippen LogP contribution >= 0.6 is 11.3 Å². The van der Waals surface area contributed by atoms with Crippen molar-refractivity contribution in [1.82, 2.24) is 19.5 Å². The molecule has 0 aliphatic carbocycles. The van der Waals surface area contributed by atoms with Gasteiger partial charge in [-0.05, 0) is 36.8 Å². The van der Waals surface area contributed by atoms with Gasteiger partial charge >= 0.3 is 0 Å². The number of fused-ring (bicyclic) bond motifs is 1. The molecule has 0 saturated carbocycles. The lowest BCUT2D eigenvalue weighted by atomic mass is 10.0. The summed E-state index contributed by atoms with van der Waals surface area (Å²) in [6, 6.07) is 22.7. The summed E-state index contributed by atoms with van der Waals surface area (Å²) in [5, 5.41) is 15.8. The maximum Gasteiger partial charge on any atom is 0.230 e. The molecule has 172 valence electrons. The maximum absolute atomic E-state index is 11.3. The minimum absolute atomic E-state index is 0.0703. The largest absolute Gasteiger partial charge is 0.492 e. The summed E-state index contributed by atoms with van der Waals surface area (Å²) >= 11 is 1.48. The van der Waals surface area contributed by atoms with E-state index < -0.39 is 0 Å². The van der Waals surface area contributed by atoms with E-state index in [9.17, 15) is 5.11 Å². The molecule has 7 nitrogen and oxygen atoms in total. The molecule has 1 aliphatic rings. The van der Waals surface area contributed by atoms with Gasteiger partial charge in [-0.1, -0.05) is 59.4 Å². The molecule has 1 saturated heterocycles. The topological polar surface area (TPSA) is 70.0 Å². The summed E-state index contributed by atoms with van der Waals surface area (Å²) in [5.74, 6) is 1.20. The van der Waals surface area contributed by atoms with Crippen LogP contribution in [-0.2, 0) is 0 Å². The fourth-order valence-electron chi connectivity index (χ4n) is 4.59. The average Bonchev–Trinajstić information content (AvgIpc) is 3.61. The first-order chi connectivity index (χ1) is 16.7. The van der Waals surface area contributed by atoms with Gasteiger partial charge in [0.05, 0.1) is 17.2 Å². The molecule has 0 radical (unpaired) electrons. The van der Waals surface area contributed by atoms with Gasteiger partial charge < -0.3 is 14.4 Å². The van der Waals surface area contributed by atoms with Gasteiger partial charge in [-0.15, -0.1) is 5.10 Å². The predicted molar refractivity (Wildman–Crippen MR) is 133 cm³/mol. The predicted octanol–water partition coefficient (Wildman–Crippen LogP) is 4.98. The van der Waals surface area contributed by atoms with E-state index in [0.717, 1.165) is 36.6 Å². The van der Waals surface area contributed by atoms with Crippen molar-refractivity contribution in [3.63, 3.8) is 0 Å². The summed E-state index contributed by atoms with van der Waals surface area (Å²) in [4.78, 5) is 11.0. The summed E-state index contributed by atoms with van der Waals surface area (Å²) in [6.45, 7) is 5.72. The number of nitrogens with zero attached hydrogens (tertiary/aromatic N) is 5. The second-order valence-electron chi connectivity index (χ2n) is 8.57. The Hall–Kier alpha value is -3.62. The van der Waals surface area contributed by atoms with Crippen LogP contribution in [0.3, 0.4) is 0 Å². The second kappa shape index (κ2) is 8.62. The number of aryl methyl sites for hydroxylation is 1. The first-order valence-corrected chi connectivity index (χ1v) is 12.2. The van der Waals surface area contributed by atoms with Gasteiger partial charge in [-0.3, -0.25) is 4.90 Å². The number of anilines is 1. The van der Waals surface area contributed by atoms with E-state index in [1.807, 2.05) is 6.07 Å². The van der Waals surface area contributed by atoms with Crippen molar-refractivity contribution in [3.8, 4) is 17.5 Å². The van der Waals surface area contributed by atoms with Gasteiger partial charge in [0.25, 0.3) is 0 Å². The van der Waals surface area contributed by atoms with E-state index in [-0.39, 0.29) is 11.9 Å². The number of thiazole rings is 1. The Morgan fingerprint density at radius 2 is 1.71 bits per heavy atom. The van der Waals surface area contributed by atoms with Crippen LogP contribution in [0, 0.1) is 6.92 Å². The molecule has 8 heteroatoms. The van der Waals surface area contributed by atoms with E-state index in [2.05, 4.69) is 81.4 Å². The molecule has 0 bridgehead atoms. The van der Waals surface area contributed by atoms with Gasteiger partial charge in [0.1, 0.15) is 0 Å². The first kappa shape index (κ1) is 20.9. The van der Waals surface area contributed by atoms with Crippen LogP contribution in [0.5, 0.6) is 5.88 Å². The highest BCUT2D eigenvalue weighted by Crippen LogP contribution is 2.41. The molecule has 0 spiro atoms. The maximum atomic E-state index is 11.3. The van der Waals surface area contributed by atoms with E-state index in [1.54, 1.807) is 12.3 Å². The van der Waals surface area contributed by atoms with Crippen molar-refractivity contribution in [2.75, 3.05) is 31.1 Å². The lowest BCUT2D eigenvalue weighted by molar-refractivity contribution is 0.211. The smallest absolute Gasteiger partial charge is 0.230 e. The van der Waals surface area contributed by atoms with E-state index in [0.29, 0.717) is 16.5 Å². The molecule has 1 aliphatic heterocycles. The van der Waals surface area contributed by atoms with Crippen molar-refractivity contribution in [2.24, 2.45) is 0 Å². The molecule has 5 aromatic rings. The number of furan rings is 1. The third kappa shape index (κ3) is 3.74. The summed E-state index contributed by atoms with van der Waals surface area (Å²) in [6.07, 6.45) is 1.60. The molecule has 1 fully saturated rings. The third-order valence-electron chi connectivity index (χ3n) is 6.38. The number of aromatic hydroxyl groups is 1. The van der Waals surface area contributed by atoms with E-state index >= 15 is 0 Å². The van der Waals surface area contributed by atoms with Crippen LogP contribution < -0.4 is 4.90 Å². The van der Waals surface area contributed by atoms with Crippen LogP contribution in [0.4, 0.5) is 5.69 Å². The van der Waals surface area contributed by atoms with Gasteiger partial charge in [0.15, 0.2) is 5.76 Å². The highest BCUT2D eigenvalue weighted by atomic mass is 32.1. The summed E-state index contributed by atoms with van der Waals surface area (Å²) < 4.78 is 6.96. The Kier molecular flexibility index (Phi) is 5.31. The lowest BCUT2D eigenvalue weighted by Gasteiger charge is -2.40. The van der Waals surface area contributed by atoms with Crippen LogP contribution in [0.1, 0.15) is 22.0 Å². The van der Waals surface area contributed by atoms with Crippen LogP contribution in [0.25, 0.3) is 16.5 Å². The van der Waals surface area contributed by atoms with Crippen molar-refractivity contribution >= 4 is 22.0 Å². The standard InChI is InChI=1S/C26H25N5O2S/c1-18-9-11-19(12-10-18)22(30-15-13-29(14-16-30)20-6-3-2-4-7-20)23-25(32)31-26(34-23)27-24(28-31)21-8-5-17-33-21/h2-12,17,22,32H,13-16H2,1H3/t22-/m0/s1. The van der Waals surface area contributed by atoms with Gasteiger partial charge in [0.2, 0.25) is 16.7 Å². The summed E-state index contributed by atoms with van der Waals surface area (Å²) in [5.41, 5.74) is 3.62. The first-order valence-electron chi connectivity index (χ1n) is 11.4. The van der Waals surface area contributed by atoms with Gasteiger partial charge in [0, 0.05) is 31.9 Å². The Balaban J connectivity index is 1.34. The molecule has 2 aromatic carbocycles. The van der Waals surface area contributed by atoms with Crippen LogP contribution in [-0.4, -0.2) is 50.8 Å². The van der Waals surface area contributed by atoms with E-state index in [4.69, 9.17) is 4.42 Å². The number of rotatable bonds is 5. The molecular formula is C26H25N5O2S.